The first-order valence-electron chi connectivity index (χ1n) is 5.45. The highest BCUT2D eigenvalue weighted by Gasteiger charge is 2.16. The van der Waals surface area contributed by atoms with Gasteiger partial charge in [0, 0.05) is 21.9 Å². The molecule has 3 nitrogen and oxygen atoms in total. The van der Waals surface area contributed by atoms with Gasteiger partial charge < -0.3 is 0 Å². The molecule has 2 aromatic rings. The Bertz CT molecular complexity index is 540. The fraction of sp³-hybridized carbons (Fsp3) is 0.154. The number of rotatable bonds is 3. The number of pyridine rings is 1. The molecule has 1 atom stereocenters. The highest BCUT2D eigenvalue weighted by atomic mass is 35.5. The van der Waals surface area contributed by atoms with Gasteiger partial charge in [-0.2, -0.15) is 0 Å². The predicted octanol–water partition coefficient (Wildman–Crippen LogP) is 3.25. The quantitative estimate of drug-likeness (QED) is 0.671. The Balaban J connectivity index is 2.41. The topological polar surface area (TPSA) is 50.9 Å². The summed E-state index contributed by atoms with van der Waals surface area (Å²) in [5, 5.41) is 1.17. The van der Waals surface area contributed by atoms with Crippen LogP contribution in [0.5, 0.6) is 0 Å². The molecule has 1 heterocycles. The molecule has 1 unspecified atom stereocenters. The summed E-state index contributed by atoms with van der Waals surface area (Å²) >= 11 is 12.1. The van der Waals surface area contributed by atoms with E-state index in [0.29, 0.717) is 10.0 Å². The first kappa shape index (κ1) is 13.3. The zero-order valence-corrected chi connectivity index (χ0v) is 11.3. The summed E-state index contributed by atoms with van der Waals surface area (Å²) in [5.74, 6) is 5.61. The van der Waals surface area contributed by atoms with Crippen molar-refractivity contribution in [1.82, 2.24) is 10.4 Å². The third-order valence-electron chi connectivity index (χ3n) is 2.71. The van der Waals surface area contributed by atoms with Gasteiger partial charge in [-0.25, -0.2) is 5.43 Å². The number of nitrogens with zero attached hydrogens (tertiary/aromatic N) is 1. The number of halogens is 2. The van der Waals surface area contributed by atoms with Crippen LogP contribution in [-0.2, 0) is 0 Å². The van der Waals surface area contributed by atoms with E-state index in [1.165, 1.54) is 0 Å². The summed E-state index contributed by atoms with van der Waals surface area (Å²) in [4.78, 5) is 4.26. The van der Waals surface area contributed by atoms with Gasteiger partial charge in [-0.1, -0.05) is 35.3 Å². The minimum atomic E-state index is -0.206. The van der Waals surface area contributed by atoms with E-state index >= 15 is 0 Å². The second-order valence-corrected chi connectivity index (χ2v) is 4.84. The summed E-state index contributed by atoms with van der Waals surface area (Å²) in [5.41, 5.74) is 5.52. The first-order chi connectivity index (χ1) is 8.61. The highest BCUT2D eigenvalue weighted by molar-refractivity contribution is 6.35. The lowest BCUT2D eigenvalue weighted by molar-refractivity contribution is 0.634. The molecule has 2 rings (SSSR count). The van der Waals surface area contributed by atoms with Crippen molar-refractivity contribution in [3.8, 4) is 0 Å². The largest absolute Gasteiger partial charge is 0.271 e. The lowest BCUT2D eigenvalue weighted by Gasteiger charge is -2.18. The number of hydrazine groups is 1. The van der Waals surface area contributed by atoms with Crippen LogP contribution in [0.4, 0.5) is 0 Å². The van der Waals surface area contributed by atoms with Gasteiger partial charge in [-0.15, -0.1) is 0 Å². The Morgan fingerprint density at radius 1 is 1.22 bits per heavy atom. The molecular formula is C13H13Cl2N3. The predicted molar refractivity (Wildman–Crippen MR) is 74.6 cm³/mol. The fourth-order valence-corrected chi connectivity index (χ4v) is 2.27. The van der Waals surface area contributed by atoms with Crippen LogP contribution in [0, 0.1) is 6.92 Å². The van der Waals surface area contributed by atoms with E-state index in [9.17, 15) is 0 Å². The van der Waals surface area contributed by atoms with Gasteiger partial charge in [0.15, 0.2) is 0 Å². The van der Waals surface area contributed by atoms with E-state index in [0.717, 1.165) is 16.8 Å². The van der Waals surface area contributed by atoms with Crippen molar-refractivity contribution in [2.45, 2.75) is 13.0 Å². The van der Waals surface area contributed by atoms with Crippen LogP contribution in [-0.4, -0.2) is 4.98 Å². The second kappa shape index (κ2) is 5.67. The lowest BCUT2D eigenvalue weighted by atomic mass is 10.0. The molecule has 0 saturated heterocycles. The molecule has 0 saturated carbocycles. The Hall–Kier alpha value is -1.13. The van der Waals surface area contributed by atoms with Crippen LogP contribution >= 0.6 is 23.2 Å². The van der Waals surface area contributed by atoms with Crippen molar-refractivity contribution in [3.63, 3.8) is 0 Å². The van der Waals surface area contributed by atoms with Gasteiger partial charge in [0.2, 0.25) is 0 Å². The van der Waals surface area contributed by atoms with Gasteiger partial charge in [-0.05, 0) is 36.2 Å². The second-order valence-electron chi connectivity index (χ2n) is 4.00. The van der Waals surface area contributed by atoms with E-state index in [2.05, 4.69) is 10.4 Å². The number of hydrogen-bond donors (Lipinski definition) is 2. The standard InChI is InChI=1S/C13H13Cl2N3/c1-8-2-3-9(7-17-8)13(18-16)11-5-4-10(14)6-12(11)15/h2-7,13,18H,16H2,1H3. The molecule has 0 spiro atoms. The molecule has 0 radical (unpaired) electrons. The van der Waals surface area contributed by atoms with E-state index in [1.54, 1.807) is 18.3 Å². The Kier molecular flexibility index (Phi) is 4.19. The lowest BCUT2D eigenvalue weighted by Crippen LogP contribution is -2.29. The van der Waals surface area contributed by atoms with Gasteiger partial charge in [-0.3, -0.25) is 10.8 Å². The van der Waals surface area contributed by atoms with Crippen LogP contribution < -0.4 is 11.3 Å². The molecule has 94 valence electrons. The molecule has 1 aromatic heterocycles. The van der Waals surface area contributed by atoms with Gasteiger partial charge in [0.05, 0.1) is 6.04 Å². The van der Waals surface area contributed by atoms with Crippen molar-refractivity contribution in [2.75, 3.05) is 0 Å². The van der Waals surface area contributed by atoms with Gasteiger partial charge in [0.25, 0.3) is 0 Å². The normalized spacial score (nSPS) is 12.4. The van der Waals surface area contributed by atoms with E-state index < -0.39 is 0 Å². The Morgan fingerprint density at radius 3 is 2.56 bits per heavy atom. The molecule has 5 heteroatoms. The van der Waals surface area contributed by atoms with Crippen LogP contribution in [0.25, 0.3) is 0 Å². The zero-order chi connectivity index (χ0) is 13.1. The maximum atomic E-state index is 6.18. The van der Waals surface area contributed by atoms with Crippen LogP contribution in [0.1, 0.15) is 22.9 Å². The van der Waals surface area contributed by atoms with Gasteiger partial charge >= 0.3 is 0 Å². The molecular weight excluding hydrogens is 269 g/mol. The Labute approximate surface area is 116 Å². The summed E-state index contributed by atoms with van der Waals surface area (Å²) in [6, 6.07) is 9.04. The Morgan fingerprint density at radius 2 is 2.00 bits per heavy atom. The molecule has 18 heavy (non-hydrogen) atoms. The summed E-state index contributed by atoms with van der Waals surface area (Å²) < 4.78 is 0. The molecule has 1 aromatic carbocycles. The summed E-state index contributed by atoms with van der Waals surface area (Å²) in [6.45, 7) is 1.93. The zero-order valence-electron chi connectivity index (χ0n) is 9.82. The molecule has 0 bridgehead atoms. The van der Waals surface area contributed by atoms with Crippen LogP contribution in [0.3, 0.4) is 0 Å². The maximum absolute atomic E-state index is 6.18. The number of aryl methyl sites for hydroxylation is 1. The SMILES string of the molecule is Cc1ccc(C(NN)c2ccc(Cl)cc2Cl)cn1. The molecule has 0 aliphatic carbocycles. The smallest absolute Gasteiger partial charge is 0.0739 e. The van der Waals surface area contributed by atoms with Crippen molar-refractivity contribution >= 4 is 23.2 Å². The molecule has 0 fully saturated rings. The number of nitrogens with two attached hydrogens (primary N) is 1. The number of hydrogen-bond acceptors (Lipinski definition) is 3. The van der Waals surface area contributed by atoms with Crippen molar-refractivity contribution in [2.24, 2.45) is 5.84 Å². The first-order valence-corrected chi connectivity index (χ1v) is 6.21. The molecule has 0 aliphatic heterocycles. The summed E-state index contributed by atoms with van der Waals surface area (Å²) in [7, 11) is 0. The number of benzene rings is 1. The highest BCUT2D eigenvalue weighted by Crippen LogP contribution is 2.29. The monoisotopic (exact) mass is 281 g/mol. The van der Waals surface area contributed by atoms with Crippen molar-refractivity contribution < 1.29 is 0 Å². The molecule has 0 amide bonds. The summed E-state index contributed by atoms with van der Waals surface area (Å²) in [6.07, 6.45) is 1.78. The van der Waals surface area contributed by atoms with Gasteiger partial charge in [0.1, 0.15) is 0 Å². The fourth-order valence-electron chi connectivity index (χ4n) is 1.75. The third-order valence-corrected chi connectivity index (χ3v) is 3.27. The van der Waals surface area contributed by atoms with Crippen molar-refractivity contribution in [3.05, 3.63) is 63.4 Å². The number of aromatic nitrogens is 1. The molecule has 0 aliphatic rings. The average molecular weight is 282 g/mol. The average Bonchev–Trinajstić information content (AvgIpc) is 2.35. The minimum absolute atomic E-state index is 0.206. The van der Waals surface area contributed by atoms with E-state index in [1.807, 2.05) is 25.1 Å². The number of nitrogens with one attached hydrogen (secondary N) is 1. The van der Waals surface area contributed by atoms with Crippen LogP contribution in [0.15, 0.2) is 36.5 Å². The third kappa shape index (κ3) is 2.82. The molecule has 3 N–H and O–H groups in total. The minimum Gasteiger partial charge on any atom is -0.271 e. The van der Waals surface area contributed by atoms with E-state index in [4.69, 9.17) is 29.0 Å². The maximum Gasteiger partial charge on any atom is 0.0739 e. The van der Waals surface area contributed by atoms with Crippen molar-refractivity contribution in [1.29, 1.82) is 0 Å². The van der Waals surface area contributed by atoms with Crippen LogP contribution in [0.2, 0.25) is 10.0 Å². The van der Waals surface area contributed by atoms with E-state index in [-0.39, 0.29) is 6.04 Å².